The fraction of sp³-hybridized carbons (Fsp3) is 0.464. The van der Waals surface area contributed by atoms with E-state index in [1.807, 2.05) is 61.9 Å². The number of Topliss-reactive ketones (excluding diaryl/α,β-unsaturated/α-hetero) is 1. The number of aliphatic hydroxyl groups is 1. The van der Waals surface area contributed by atoms with Crippen LogP contribution in [0, 0.1) is 24.0 Å². The molecule has 3 saturated heterocycles. The number of halogens is 5. The predicted octanol–water partition coefficient (Wildman–Crippen LogP) is 7.01. The van der Waals surface area contributed by atoms with Gasteiger partial charge in [-0.1, -0.05) is 45.0 Å². The Morgan fingerprint density at radius 3 is 2.14 bits per heavy atom. The van der Waals surface area contributed by atoms with Crippen molar-refractivity contribution >= 4 is 58.1 Å². The highest BCUT2D eigenvalue weighted by atomic mass is 32.1. The Balaban J connectivity index is 0.842. The lowest BCUT2D eigenvalue weighted by atomic mass is 9.85. The third-order valence-corrected chi connectivity index (χ3v) is 15.8. The van der Waals surface area contributed by atoms with Crippen molar-refractivity contribution in [3.8, 4) is 21.6 Å². The molecule has 0 spiro atoms. The molecular formula is C56H65F5N10O7S. The van der Waals surface area contributed by atoms with Gasteiger partial charge in [-0.05, 0) is 81.1 Å². The Morgan fingerprint density at radius 1 is 0.848 bits per heavy atom. The zero-order chi connectivity index (χ0) is 57.1. The fourth-order valence-corrected chi connectivity index (χ4v) is 11.0. The van der Waals surface area contributed by atoms with Crippen LogP contribution in [0.15, 0.2) is 72.5 Å². The summed E-state index contributed by atoms with van der Waals surface area (Å²) in [6, 6.07) is 10.3. The molecule has 0 aliphatic carbocycles. The third-order valence-electron chi connectivity index (χ3n) is 14.9. The van der Waals surface area contributed by atoms with Crippen molar-refractivity contribution in [1.29, 1.82) is 0 Å². The lowest BCUT2D eigenvalue weighted by Crippen LogP contribution is -2.57. The average Bonchev–Trinajstić information content (AvgIpc) is 4.05. The molecule has 0 radical (unpaired) electrons. The van der Waals surface area contributed by atoms with Gasteiger partial charge in [-0.15, -0.1) is 11.3 Å². The summed E-state index contributed by atoms with van der Waals surface area (Å²) in [6.45, 7) is 12.1. The molecule has 0 bridgehead atoms. The number of aryl methyl sites for hydroxylation is 2. The van der Waals surface area contributed by atoms with Crippen molar-refractivity contribution < 1.29 is 55.8 Å². The molecule has 3 fully saturated rings. The van der Waals surface area contributed by atoms with Crippen molar-refractivity contribution in [1.82, 2.24) is 35.0 Å². The number of piperazine rings is 2. The van der Waals surface area contributed by atoms with Crippen LogP contribution in [0.2, 0.25) is 0 Å². The first-order chi connectivity index (χ1) is 37.4. The van der Waals surface area contributed by atoms with Crippen molar-refractivity contribution in [2.24, 2.45) is 5.41 Å². The number of rotatable bonds is 16. The van der Waals surface area contributed by atoms with E-state index < -0.39 is 83.5 Å². The number of ketones is 1. The smallest absolute Gasteiger partial charge is 0.391 e. The van der Waals surface area contributed by atoms with Gasteiger partial charge in [0.05, 0.1) is 50.7 Å². The normalized spacial score (nSPS) is 19.6. The van der Waals surface area contributed by atoms with Crippen LogP contribution in [0.3, 0.4) is 0 Å². The lowest BCUT2D eigenvalue weighted by Gasteiger charge is -2.44. The molecule has 8 rings (SSSR count). The van der Waals surface area contributed by atoms with E-state index in [-0.39, 0.29) is 90.8 Å². The number of anilines is 3. The molecular weight excluding hydrogens is 1050 g/mol. The van der Waals surface area contributed by atoms with Crippen LogP contribution >= 0.6 is 11.3 Å². The first kappa shape index (κ1) is 58.2. The summed E-state index contributed by atoms with van der Waals surface area (Å²) in [5.74, 6) is -4.49. The Morgan fingerprint density at radius 2 is 1.52 bits per heavy atom. The number of nitrogens with one attached hydrogen (secondary N) is 2. The molecule has 5 atom stereocenters. The van der Waals surface area contributed by atoms with Gasteiger partial charge in [0.2, 0.25) is 23.7 Å². The number of likely N-dealkylation sites (tertiary alicyclic amines) is 1. The number of hydrogen-bond acceptors (Lipinski definition) is 14. The second-order valence-electron chi connectivity index (χ2n) is 21.6. The molecule has 422 valence electrons. The molecule has 0 unspecified atom stereocenters. The van der Waals surface area contributed by atoms with Crippen LogP contribution < -0.4 is 20.4 Å². The second-order valence-corrected chi connectivity index (χ2v) is 22.4. The van der Waals surface area contributed by atoms with E-state index in [1.165, 1.54) is 29.4 Å². The minimum atomic E-state index is -5.04. The van der Waals surface area contributed by atoms with E-state index in [9.17, 15) is 46.6 Å². The number of aliphatic hydroxyl groups excluding tert-OH is 1. The maximum absolute atomic E-state index is 16.2. The van der Waals surface area contributed by atoms with Gasteiger partial charge in [-0.25, -0.2) is 23.7 Å². The molecule has 3 N–H and O–H groups in total. The first-order valence-electron chi connectivity index (χ1n) is 26.1. The fourth-order valence-electron chi connectivity index (χ4n) is 10.2. The van der Waals surface area contributed by atoms with E-state index in [1.54, 1.807) is 42.5 Å². The summed E-state index contributed by atoms with van der Waals surface area (Å²) >= 11 is 1.56. The number of carbonyl (C=O) groups excluding carboxylic acids is 5. The maximum Gasteiger partial charge on any atom is 0.417 e. The highest BCUT2D eigenvalue weighted by Crippen LogP contribution is 2.38. The molecule has 3 aliphatic heterocycles. The molecule has 3 aromatic carbocycles. The van der Waals surface area contributed by atoms with Gasteiger partial charge in [-0.3, -0.25) is 28.9 Å². The minimum Gasteiger partial charge on any atom is -0.391 e. The van der Waals surface area contributed by atoms with Gasteiger partial charge in [0.1, 0.15) is 30.9 Å². The second kappa shape index (κ2) is 24.2. The van der Waals surface area contributed by atoms with Crippen LogP contribution in [0.1, 0.15) is 74.6 Å². The highest BCUT2D eigenvalue weighted by Gasteiger charge is 2.44. The molecule has 0 saturated carbocycles. The van der Waals surface area contributed by atoms with Gasteiger partial charge in [0.15, 0.2) is 5.78 Å². The summed E-state index contributed by atoms with van der Waals surface area (Å²) in [4.78, 5) is 90.9. The van der Waals surface area contributed by atoms with Crippen LogP contribution in [0.5, 0.6) is 0 Å². The van der Waals surface area contributed by atoms with Gasteiger partial charge >= 0.3 is 6.18 Å². The van der Waals surface area contributed by atoms with Crippen molar-refractivity contribution in [3.63, 3.8) is 0 Å². The highest BCUT2D eigenvalue weighted by molar-refractivity contribution is 7.13. The van der Waals surface area contributed by atoms with Crippen LogP contribution in [0.25, 0.3) is 21.6 Å². The monoisotopic (exact) mass is 1120 g/mol. The van der Waals surface area contributed by atoms with E-state index in [4.69, 9.17) is 4.74 Å². The average molecular weight is 1120 g/mol. The quantitative estimate of drug-likeness (QED) is 0.0856. The number of thiazole rings is 1. The van der Waals surface area contributed by atoms with E-state index in [0.29, 0.717) is 32.6 Å². The Kier molecular flexibility index (Phi) is 17.8. The first-order valence-corrected chi connectivity index (χ1v) is 27.0. The number of nitrogens with zero attached hydrogens (tertiary/aromatic N) is 8. The third kappa shape index (κ3) is 13.7. The van der Waals surface area contributed by atoms with Crippen LogP contribution in [-0.4, -0.2) is 161 Å². The molecule has 23 heteroatoms. The summed E-state index contributed by atoms with van der Waals surface area (Å²) in [5.41, 5.74) is 2.09. The summed E-state index contributed by atoms with van der Waals surface area (Å²) < 4.78 is 77.7. The van der Waals surface area contributed by atoms with Crippen LogP contribution in [-0.2, 0) is 36.5 Å². The Labute approximate surface area is 459 Å². The van der Waals surface area contributed by atoms with Gasteiger partial charge in [0.25, 0.3) is 5.91 Å². The van der Waals surface area contributed by atoms with Gasteiger partial charge in [0, 0.05) is 94.3 Å². The molecule has 79 heavy (non-hydrogen) atoms. The number of alkyl halides is 3. The zero-order valence-corrected chi connectivity index (χ0v) is 45.9. The zero-order valence-electron chi connectivity index (χ0n) is 45.1. The Bertz CT molecular complexity index is 3030. The summed E-state index contributed by atoms with van der Waals surface area (Å²) in [6.07, 6.45) is -2.52. The number of benzene rings is 3. The van der Waals surface area contributed by atoms with E-state index in [0.717, 1.165) is 33.8 Å². The number of β-amino-alcohol motifs (C(OH)–C–C–N with tert-alkyl or cyclic N) is 1. The number of aromatic nitrogens is 3. The molecule has 3 aliphatic rings. The SMILES string of the molecule is Cc1ncsc1-c1ccc(CCC(=O)[C@@H]2C[C@@H](O)CN2C(=O)[C@@H](NC(=O)COCC(=O)N2CCN(c3ncc(-c4cc(NC(=O)c5ccc(F)cc5C(F)(F)F)c(N5C[C@@H](C)N(C)[C@@H](C)C5)cc4F)cn3)CC2)C(C)(C)C)cc1. The minimum absolute atomic E-state index is 0.00287. The molecule has 17 nitrogen and oxygen atoms in total. The summed E-state index contributed by atoms with van der Waals surface area (Å²) in [5, 5.41) is 15.9. The number of hydrogen-bond donors (Lipinski definition) is 3. The molecule has 2 aromatic heterocycles. The number of likely N-dealkylation sites (N-methyl/N-ethyl adjacent to an activating group) is 1. The van der Waals surface area contributed by atoms with Crippen molar-refractivity contribution in [2.75, 3.05) is 81.2 Å². The maximum atomic E-state index is 16.2. The van der Waals surface area contributed by atoms with E-state index in [2.05, 4.69) is 30.5 Å². The van der Waals surface area contributed by atoms with Crippen LogP contribution in [0.4, 0.5) is 39.3 Å². The molecule has 5 heterocycles. The van der Waals surface area contributed by atoms with Crippen molar-refractivity contribution in [3.05, 3.63) is 107 Å². The number of amides is 4. The topological polar surface area (TPSA) is 194 Å². The number of ether oxygens (including phenoxy) is 1. The van der Waals surface area contributed by atoms with Gasteiger partial charge < -0.3 is 40.1 Å². The Hall–Kier alpha value is -6.95. The largest absolute Gasteiger partial charge is 0.417 e. The molecule has 4 amide bonds. The molecule has 5 aromatic rings. The predicted molar refractivity (Wildman–Crippen MR) is 288 cm³/mol. The van der Waals surface area contributed by atoms with Gasteiger partial charge in [-0.2, -0.15) is 13.2 Å². The van der Waals surface area contributed by atoms with E-state index >= 15 is 4.39 Å². The standard InChI is InChI=1S/C56H65F5N10O7S/c1-32-26-70(27-33(2)67(32)7)45-23-43(58)41(22-44(45)65-52(76)40-14-13-38(57)20-42(40)56(59,60)61)37-24-62-54(63-25-37)69-18-16-68(17-19-69)49(75)30-78-29-48(74)66-51(55(4,5)6)53(77)71-28-39(72)21-46(71)47(73)15-10-35-8-11-36(12-9-35)50-34(3)64-31-79-50/h8-9,11-14,20,22-25,31-33,39,46,51,72H,10,15-19,21,26-30H2,1-7H3,(H,65,76)(H,66,74)/t32-,33+,39-,46+,51-/m1/s1. The summed E-state index contributed by atoms with van der Waals surface area (Å²) in [7, 11) is 1.95. The van der Waals surface area contributed by atoms with Crippen molar-refractivity contribution in [2.45, 2.75) is 97.3 Å². The number of carbonyl (C=O) groups is 5. The lowest BCUT2D eigenvalue weighted by molar-refractivity contribution is -0.145.